The summed E-state index contributed by atoms with van der Waals surface area (Å²) in [6.45, 7) is 0. The van der Waals surface area contributed by atoms with E-state index >= 15 is 0 Å². The summed E-state index contributed by atoms with van der Waals surface area (Å²) in [4.78, 5) is 0. The monoisotopic (exact) mass is 240 g/mol. The number of hydrazine groups is 1. The molecule has 0 aliphatic rings. The lowest BCUT2D eigenvalue weighted by molar-refractivity contribution is 0.452. The molecular weight excluding hydrogens is 231 g/mol. The van der Waals surface area contributed by atoms with Crippen molar-refractivity contribution in [3.8, 4) is 0 Å². The minimum absolute atomic E-state index is 0.0595. The van der Waals surface area contributed by atoms with Crippen molar-refractivity contribution < 1.29 is 8.81 Å². The molecule has 0 amide bonds. The van der Waals surface area contributed by atoms with Gasteiger partial charge in [0.05, 0.1) is 11.3 Å². The molecule has 0 fully saturated rings. The third kappa shape index (κ3) is 2.09. The summed E-state index contributed by atoms with van der Waals surface area (Å²) in [7, 11) is 0. The topological polar surface area (TPSA) is 51.2 Å². The standard InChI is InChI=1S/C11H10ClFN2O/c12-8-6-7(3-4-9(8)13)11(15-14)10-2-1-5-16-10/h1-6,11,15H,14H2. The van der Waals surface area contributed by atoms with Crippen LogP contribution in [0, 0.1) is 5.82 Å². The van der Waals surface area contributed by atoms with Crippen LogP contribution in [0.25, 0.3) is 0 Å². The zero-order chi connectivity index (χ0) is 11.5. The predicted octanol–water partition coefficient (Wildman–Crippen LogP) is 2.62. The highest BCUT2D eigenvalue weighted by Crippen LogP contribution is 2.25. The van der Waals surface area contributed by atoms with Crippen LogP contribution in [0.3, 0.4) is 0 Å². The number of nitrogens with two attached hydrogens (primary N) is 1. The number of nitrogens with one attached hydrogen (secondary N) is 1. The van der Waals surface area contributed by atoms with Crippen molar-refractivity contribution in [2.75, 3.05) is 0 Å². The van der Waals surface area contributed by atoms with E-state index in [1.54, 1.807) is 24.5 Å². The lowest BCUT2D eigenvalue weighted by Gasteiger charge is -2.14. The van der Waals surface area contributed by atoms with Crippen LogP contribution in [-0.2, 0) is 0 Å². The van der Waals surface area contributed by atoms with E-state index in [9.17, 15) is 4.39 Å². The average molecular weight is 241 g/mol. The van der Waals surface area contributed by atoms with Crippen LogP contribution in [0.2, 0.25) is 5.02 Å². The fourth-order valence-electron chi connectivity index (χ4n) is 1.49. The van der Waals surface area contributed by atoms with E-state index in [1.165, 1.54) is 12.1 Å². The number of benzene rings is 1. The summed E-state index contributed by atoms with van der Waals surface area (Å²) in [5.74, 6) is 5.62. The Hall–Kier alpha value is -1.36. The van der Waals surface area contributed by atoms with E-state index in [-0.39, 0.29) is 11.1 Å². The number of hydrogen-bond donors (Lipinski definition) is 2. The maximum atomic E-state index is 13.0. The molecular formula is C11H10ClFN2O. The summed E-state index contributed by atoms with van der Waals surface area (Å²) in [5, 5.41) is 0.0595. The molecule has 16 heavy (non-hydrogen) atoms. The second-order valence-electron chi connectivity index (χ2n) is 3.29. The first kappa shape index (κ1) is 11.1. The molecule has 1 unspecified atom stereocenters. The Balaban J connectivity index is 2.37. The highest BCUT2D eigenvalue weighted by molar-refractivity contribution is 6.30. The molecule has 1 aromatic heterocycles. The smallest absolute Gasteiger partial charge is 0.141 e. The van der Waals surface area contributed by atoms with E-state index in [0.717, 1.165) is 5.56 Å². The third-order valence-electron chi connectivity index (χ3n) is 2.27. The largest absolute Gasteiger partial charge is 0.467 e. The van der Waals surface area contributed by atoms with Gasteiger partial charge in [-0.2, -0.15) is 0 Å². The van der Waals surface area contributed by atoms with Crippen molar-refractivity contribution in [2.24, 2.45) is 5.84 Å². The van der Waals surface area contributed by atoms with Crippen LogP contribution in [0.1, 0.15) is 17.4 Å². The SMILES string of the molecule is NNC(c1ccc(F)c(Cl)c1)c1ccco1. The van der Waals surface area contributed by atoms with Gasteiger partial charge in [-0.15, -0.1) is 0 Å². The Morgan fingerprint density at radius 2 is 2.19 bits per heavy atom. The zero-order valence-corrected chi connectivity index (χ0v) is 9.04. The van der Waals surface area contributed by atoms with Gasteiger partial charge in [0.25, 0.3) is 0 Å². The van der Waals surface area contributed by atoms with E-state index in [1.807, 2.05) is 0 Å². The fraction of sp³-hybridized carbons (Fsp3) is 0.0909. The van der Waals surface area contributed by atoms with Gasteiger partial charge < -0.3 is 4.42 Å². The van der Waals surface area contributed by atoms with Crippen LogP contribution in [0.4, 0.5) is 4.39 Å². The van der Waals surface area contributed by atoms with Crippen LogP contribution in [-0.4, -0.2) is 0 Å². The average Bonchev–Trinajstić information content (AvgIpc) is 2.78. The Bertz CT molecular complexity index is 473. The summed E-state index contributed by atoms with van der Waals surface area (Å²) in [6.07, 6.45) is 1.55. The minimum atomic E-state index is -0.458. The maximum Gasteiger partial charge on any atom is 0.141 e. The fourth-order valence-corrected chi connectivity index (χ4v) is 1.68. The quantitative estimate of drug-likeness (QED) is 0.641. The minimum Gasteiger partial charge on any atom is -0.467 e. The van der Waals surface area contributed by atoms with Crippen molar-refractivity contribution in [3.05, 3.63) is 58.8 Å². The van der Waals surface area contributed by atoms with Crippen molar-refractivity contribution in [2.45, 2.75) is 6.04 Å². The van der Waals surface area contributed by atoms with E-state index in [0.29, 0.717) is 5.76 Å². The second kappa shape index (κ2) is 4.65. The summed E-state index contributed by atoms with van der Waals surface area (Å²) in [5.41, 5.74) is 3.33. The number of rotatable bonds is 3. The summed E-state index contributed by atoms with van der Waals surface area (Å²) < 4.78 is 18.2. The maximum absolute atomic E-state index is 13.0. The molecule has 0 saturated heterocycles. The Labute approximate surface area is 97.0 Å². The molecule has 2 rings (SSSR count). The van der Waals surface area contributed by atoms with Gasteiger partial charge in [0, 0.05) is 0 Å². The number of halogens is 2. The molecule has 1 aromatic carbocycles. The van der Waals surface area contributed by atoms with Crippen molar-refractivity contribution in [3.63, 3.8) is 0 Å². The highest BCUT2D eigenvalue weighted by atomic mass is 35.5. The molecule has 2 aromatic rings. The molecule has 0 spiro atoms. The molecule has 1 atom stereocenters. The molecule has 0 bridgehead atoms. The summed E-state index contributed by atoms with van der Waals surface area (Å²) >= 11 is 5.70. The van der Waals surface area contributed by atoms with Gasteiger partial charge in [0.1, 0.15) is 17.6 Å². The van der Waals surface area contributed by atoms with Gasteiger partial charge in [-0.05, 0) is 29.8 Å². The van der Waals surface area contributed by atoms with Gasteiger partial charge in [0.2, 0.25) is 0 Å². The van der Waals surface area contributed by atoms with Crippen LogP contribution < -0.4 is 11.3 Å². The number of hydrogen-bond acceptors (Lipinski definition) is 3. The van der Waals surface area contributed by atoms with E-state index in [2.05, 4.69) is 5.43 Å². The van der Waals surface area contributed by atoms with Gasteiger partial charge in [-0.25, -0.2) is 9.82 Å². The van der Waals surface area contributed by atoms with Crippen molar-refractivity contribution in [1.29, 1.82) is 0 Å². The molecule has 0 aliphatic heterocycles. The molecule has 5 heteroatoms. The Kier molecular flexibility index (Phi) is 3.24. The van der Waals surface area contributed by atoms with Gasteiger partial charge in [0.15, 0.2) is 0 Å². The molecule has 0 aliphatic carbocycles. The number of furan rings is 1. The van der Waals surface area contributed by atoms with Gasteiger partial charge in [-0.1, -0.05) is 17.7 Å². The van der Waals surface area contributed by atoms with E-state index in [4.69, 9.17) is 21.9 Å². The Morgan fingerprint density at radius 1 is 1.38 bits per heavy atom. The predicted molar refractivity (Wildman–Crippen MR) is 59.3 cm³/mol. The van der Waals surface area contributed by atoms with Crippen molar-refractivity contribution >= 4 is 11.6 Å². The van der Waals surface area contributed by atoms with Crippen LogP contribution >= 0.6 is 11.6 Å². The normalized spacial score (nSPS) is 12.7. The zero-order valence-electron chi connectivity index (χ0n) is 8.28. The molecule has 84 valence electrons. The molecule has 0 radical (unpaired) electrons. The van der Waals surface area contributed by atoms with Crippen LogP contribution in [0.15, 0.2) is 41.0 Å². The van der Waals surface area contributed by atoms with Crippen LogP contribution in [0.5, 0.6) is 0 Å². The molecule has 3 N–H and O–H groups in total. The Morgan fingerprint density at radius 3 is 2.75 bits per heavy atom. The summed E-state index contributed by atoms with van der Waals surface area (Å²) in [6, 6.07) is 7.61. The highest BCUT2D eigenvalue weighted by Gasteiger charge is 2.16. The van der Waals surface area contributed by atoms with Crippen molar-refractivity contribution in [1.82, 2.24) is 5.43 Å². The van der Waals surface area contributed by atoms with Gasteiger partial charge in [-0.3, -0.25) is 5.84 Å². The first-order chi connectivity index (χ1) is 7.72. The first-order valence-electron chi connectivity index (χ1n) is 4.67. The molecule has 3 nitrogen and oxygen atoms in total. The van der Waals surface area contributed by atoms with E-state index < -0.39 is 5.82 Å². The third-order valence-corrected chi connectivity index (χ3v) is 2.56. The lowest BCUT2D eigenvalue weighted by atomic mass is 10.1. The second-order valence-corrected chi connectivity index (χ2v) is 3.70. The first-order valence-corrected chi connectivity index (χ1v) is 5.04. The molecule has 0 saturated carbocycles. The lowest BCUT2D eigenvalue weighted by Crippen LogP contribution is -2.28. The van der Waals surface area contributed by atoms with Gasteiger partial charge >= 0.3 is 0 Å². The molecule has 1 heterocycles.